The molecule has 2 fully saturated rings. The number of rotatable bonds is 7. The van der Waals surface area contributed by atoms with Crippen molar-refractivity contribution in [2.75, 3.05) is 5.75 Å². The monoisotopic (exact) mass is 604 g/mol. The van der Waals surface area contributed by atoms with E-state index in [4.69, 9.17) is 4.55 Å². The van der Waals surface area contributed by atoms with E-state index in [1.165, 1.54) is 27.8 Å². The maximum Gasteiger partial charge on any atom is 0.265 e. The van der Waals surface area contributed by atoms with Crippen LogP contribution in [0.15, 0.2) is 60.7 Å². The summed E-state index contributed by atoms with van der Waals surface area (Å²) in [7, 11) is -4.08. The highest BCUT2D eigenvalue weighted by molar-refractivity contribution is 7.85. The smallest absolute Gasteiger partial charge is 0.265 e. The van der Waals surface area contributed by atoms with Crippen LogP contribution in [0.2, 0.25) is 0 Å². The second-order valence-corrected chi connectivity index (χ2v) is 15.4. The van der Waals surface area contributed by atoms with E-state index in [0.717, 1.165) is 17.5 Å². The third-order valence-corrected chi connectivity index (χ3v) is 10.9. The van der Waals surface area contributed by atoms with Gasteiger partial charge in [-0.05, 0) is 69.7 Å². The van der Waals surface area contributed by atoms with Crippen molar-refractivity contribution in [1.29, 1.82) is 0 Å². The van der Waals surface area contributed by atoms with E-state index < -0.39 is 21.3 Å². The van der Waals surface area contributed by atoms with E-state index in [2.05, 4.69) is 90.1 Å². The molecule has 2 aliphatic rings. The molecule has 6 heteroatoms. The van der Waals surface area contributed by atoms with Crippen LogP contribution in [-0.4, -0.2) is 29.6 Å². The Kier molecular flexibility index (Phi) is 9.35. The van der Waals surface area contributed by atoms with Gasteiger partial charge in [0.05, 0.1) is 11.2 Å². The summed E-state index contributed by atoms with van der Waals surface area (Å²) in [5.41, 5.74) is 7.11. The molecule has 5 nitrogen and oxygen atoms in total. The second kappa shape index (κ2) is 12.2. The number of Topliss-reactive ketones (excluding diaryl/α,β-unsaturated/α-hetero) is 1. The van der Waals surface area contributed by atoms with E-state index in [9.17, 15) is 18.3 Å². The molecule has 2 saturated carbocycles. The molecule has 0 saturated heterocycles. The minimum Gasteiger partial charge on any atom is -0.507 e. The van der Waals surface area contributed by atoms with Crippen LogP contribution in [0.1, 0.15) is 109 Å². The third kappa shape index (κ3) is 6.06. The normalized spacial score (nSPS) is 21.0. The van der Waals surface area contributed by atoms with Crippen molar-refractivity contribution >= 4 is 15.9 Å². The summed E-state index contributed by atoms with van der Waals surface area (Å²) in [6.45, 7) is 17.1. The molecule has 0 amide bonds. The summed E-state index contributed by atoms with van der Waals surface area (Å²) in [5, 5.41) is 11.5. The lowest BCUT2D eigenvalue weighted by Crippen LogP contribution is -2.42. The number of fused-ring (bicyclic) bond motifs is 2. The molecule has 0 heterocycles. The summed E-state index contributed by atoms with van der Waals surface area (Å²) in [6, 6.07) is 21.1. The Labute approximate surface area is 258 Å². The van der Waals surface area contributed by atoms with Crippen LogP contribution in [-0.2, 0) is 14.9 Å². The van der Waals surface area contributed by atoms with E-state index in [1.807, 2.05) is 26.0 Å². The number of hydrogen-bond acceptors (Lipinski definition) is 4. The lowest BCUT2D eigenvalue weighted by atomic mass is 9.70. The van der Waals surface area contributed by atoms with Crippen molar-refractivity contribution in [3.8, 4) is 28.0 Å². The molecule has 0 spiro atoms. The first kappa shape index (κ1) is 32.9. The highest BCUT2D eigenvalue weighted by atomic mass is 32.2. The maximum absolute atomic E-state index is 11.9. The zero-order valence-electron chi connectivity index (χ0n) is 26.9. The molecule has 5 rings (SSSR count). The summed E-state index contributed by atoms with van der Waals surface area (Å²) < 4.78 is 31.0. The van der Waals surface area contributed by atoms with Gasteiger partial charge < -0.3 is 5.11 Å². The highest BCUT2D eigenvalue weighted by Gasteiger charge is 2.65. The molecule has 0 aliphatic heterocycles. The summed E-state index contributed by atoms with van der Waals surface area (Å²) in [5.74, 6) is 1.16. The first-order valence-electron chi connectivity index (χ1n) is 15.5. The average molecular weight is 605 g/mol. The predicted octanol–water partition coefficient (Wildman–Crippen LogP) is 9.37. The van der Waals surface area contributed by atoms with Gasteiger partial charge >= 0.3 is 0 Å². The number of benzene rings is 3. The van der Waals surface area contributed by atoms with Crippen LogP contribution in [0, 0.1) is 16.7 Å². The zero-order chi connectivity index (χ0) is 31.9. The average Bonchev–Trinajstić information content (AvgIpc) is 3.26. The van der Waals surface area contributed by atoms with Crippen molar-refractivity contribution in [2.24, 2.45) is 16.7 Å². The number of carbonyl (C=O) groups is 1. The first-order chi connectivity index (χ1) is 20.0. The summed E-state index contributed by atoms with van der Waals surface area (Å²) in [6.07, 6.45) is 1.97. The van der Waals surface area contributed by atoms with Crippen LogP contribution in [0.5, 0.6) is 5.75 Å². The van der Waals surface area contributed by atoms with Crippen LogP contribution in [0.25, 0.3) is 22.3 Å². The molecule has 2 N–H and O–H groups in total. The number of carbonyl (C=O) groups excluding carboxylic acids is 1. The molecule has 2 bridgehead atoms. The van der Waals surface area contributed by atoms with Crippen molar-refractivity contribution < 1.29 is 22.9 Å². The largest absolute Gasteiger partial charge is 0.507 e. The van der Waals surface area contributed by atoms with Crippen LogP contribution in [0.3, 0.4) is 0 Å². The SMILES string of the molecule is CC(C)c1c(O)c(C(C)C)c(-c2ccccc2)c(C(C)C)c1-c1ccccc1.CC1(C)C2CCC1(CS(=O)(=O)O)C(=O)C2. The van der Waals surface area contributed by atoms with E-state index >= 15 is 0 Å². The Bertz CT molecular complexity index is 1500. The van der Waals surface area contributed by atoms with Crippen molar-refractivity contribution in [2.45, 2.75) is 92.4 Å². The quantitative estimate of drug-likeness (QED) is 0.262. The number of aromatic hydroxyl groups is 1. The van der Waals surface area contributed by atoms with Gasteiger partial charge in [-0.2, -0.15) is 8.42 Å². The maximum atomic E-state index is 11.9. The summed E-state index contributed by atoms with van der Waals surface area (Å²) >= 11 is 0. The standard InChI is InChI=1S/C27H32O.C10H16O4S/c1-17(2)22-25(20-13-9-7-10-14-20)23(18(3)4)27(28)24(19(5)6)26(22)21-15-11-8-12-16-21;1-9(2)7-3-4-10(9,8(11)5-7)6-15(12,13)14/h7-19,28H,1-6H3;7H,3-6H2,1-2H3,(H,12,13,14). The highest BCUT2D eigenvalue weighted by Crippen LogP contribution is 2.64. The molecule has 43 heavy (non-hydrogen) atoms. The molecular formula is C37H48O5S. The molecular weight excluding hydrogens is 556 g/mol. The molecule has 3 aromatic carbocycles. The van der Waals surface area contributed by atoms with Gasteiger partial charge in [0.1, 0.15) is 11.5 Å². The molecule has 3 aromatic rings. The fraction of sp³-hybridized carbons (Fsp3) is 0.486. The van der Waals surface area contributed by atoms with Gasteiger partial charge in [0, 0.05) is 17.5 Å². The lowest BCUT2D eigenvalue weighted by Gasteiger charge is -2.35. The van der Waals surface area contributed by atoms with Crippen molar-refractivity contribution in [3.63, 3.8) is 0 Å². The lowest BCUT2D eigenvalue weighted by molar-refractivity contribution is -0.128. The minimum absolute atomic E-state index is 0.0152. The molecule has 0 radical (unpaired) electrons. The van der Waals surface area contributed by atoms with Gasteiger partial charge in [0.15, 0.2) is 0 Å². The van der Waals surface area contributed by atoms with Gasteiger partial charge in [-0.1, -0.05) is 116 Å². The fourth-order valence-electron chi connectivity index (χ4n) is 7.75. The minimum atomic E-state index is -4.08. The topological polar surface area (TPSA) is 91.7 Å². The third-order valence-electron chi connectivity index (χ3n) is 10.0. The van der Waals surface area contributed by atoms with Crippen LogP contribution >= 0.6 is 0 Å². The molecule has 2 atom stereocenters. The first-order valence-corrected chi connectivity index (χ1v) is 17.2. The van der Waals surface area contributed by atoms with Gasteiger partial charge in [0.2, 0.25) is 0 Å². The Morgan fingerprint density at radius 3 is 1.49 bits per heavy atom. The predicted molar refractivity (Wildman–Crippen MR) is 176 cm³/mol. The van der Waals surface area contributed by atoms with E-state index in [0.29, 0.717) is 24.5 Å². The Balaban J connectivity index is 0.000000237. The Morgan fingerprint density at radius 2 is 1.19 bits per heavy atom. The summed E-state index contributed by atoms with van der Waals surface area (Å²) in [4.78, 5) is 11.9. The Morgan fingerprint density at radius 1 is 0.767 bits per heavy atom. The van der Waals surface area contributed by atoms with Gasteiger partial charge in [-0.3, -0.25) is 9.35 Å². The van der Waals surface area contributed by atoms with Crippen LogP contribution in [0.4, 0.5) is 0 Å². The second-order valence-electron chi connectivity index (χ2n) is 13.9. The molecule has 2 unspecified atom stereocenters. The number of hydrogen-bond donors (Lipinski definition) is 2. The molecule has 0 aromatic heterocycles. The Hall–Kier alpha value is -2.96. The fourth-order valence-corrected chi connectivity index (χ4v) is 9.05. The van der Waals surface area contributed by atoms with Gasteiger partial charge in [0.25, 0.3) is 10.1 Å². The number of phenols is 1. The van der Waals surface area contributed by atoms with Crippen molar-refractivity contribution in [3.05, 3.63) is 77.4 Å². The zero-order valence-corrected chi connectivity index (χ0v) is 27.8. The number of phenolic OH excluding ortho intramolecular Hbond substituents is 1. The molecule has 2 aliphatic carbocycles. The van der Waals surface area contributed by atoms with E-state index in [-0.39, 0.29) is 29.0 Å². The molecule has 232 valence electrons. The van der Waals surface area contributed by atoms with Gasteiger partial charge in [-0.25, -0.2) is 0 Å². The van der Waals surface area contributed by atoms with E-state index in [1.54, 1.807) is 0 Å². The van der Waals surface area contributed by atoms with Crippen LogP contribution < -0.4 is 0 Å². The van der Waals surface area contributed by atoms with Gasteiger partial charge in [-0.15, -0.1) is 0 Å². The van der Waals surface area contributed by atoms with Crippen molar-refractivity contribution in [1.82, 2.24) is 0 Å². The number of ketones is 1.